The van der Waals surface area contributed by atoms with Crippen LogP contribution < -0.4 is 0 Å². The lowest BCUT2D eigenvalue weighted by Crippen LogP contribution is -2.46. The standard InChI is InChI=1S/C16H21NO4/c1-2-20-16(19)10-14(18)15-12-17(8-9-21-15)11-13-6-4-3-5-7-13/h3-7,15H,2,8-12H2,1H3. The Morgan fingerprint density at radius 1 is 1.33 bits per heavy atom. The van der Waals surface area contributed by atoms with E-state index >= 15 is 0 Å². The summed E-state index contributed by atoms with van der Waals surface area (Å²) in [5.74, 6) is -0.683. The molecule has 5 nitrogen and oxygen atoms in total. The van der Waals surface area contributed by atoms with Crippen LogP contribution >= 0.6 is 0 Å². The van der Waals surface area contributed by atoms with Gasteiger partial charge in [-0.2, -0.15) is 0 Å². The van der Waals surface area contributed by atoms with E-state index in [0.29, 0.717) is 13.2 Å². The van der Waals surface area contributed by atoms with Gasteiger partial charge in [-0.15, -0.1) is 0 Å². The first-order valence-corrected chi connectivity index (χ1v) is 7.25. The SMILES string of the molecule is CCOC(=O)CC(=O)C1CN(Cc2ccccc2)CCO1. The second-order valence-electron chi connectivity index (χ2n) is 5.03. The third-order valence-corrected chi connectivity index (χ3v) is 3.38. The molecule has 5 heteroatoms. The zero-order valence-electron chi connectivity index (χ0n) is 12.3. The van der Waals surface area contributed by atoms with Crippen molar-refractivity contribution in [1.29, 1.82) is 0 Å². The molecule has 0 aromatic heterocycles. The highest BCUT2D eigenvalue weighted by Crippen LogP contribution is 2.12. The van der Waals surface area contributed by atoms with Gasteiger partial charge in [0, 0.05) is 19.6 Å². The van der Waals surface area contributed by atoms with Crippen molar-refractivity contribution in [3.8, 4) is 0 Å². The van der Waals surface area contributed by atoms with Crippen molar-refractivity contribution in [2.45, 2.75) is 26.0 Å². The Labute approximate surface area is 124 Å². The molecule has 2 rings (SSSR count). The highest BCUT2D eigenvalue weighted by molar-refractivity contribution is 5.98. The van der Waals surface area contributed by atoms with Crippen LogP contribution in [0.25, 0.3) is 0 Å². The highest BCUT2D eigenvalue weighted by atomic mass is 16.5. The third-order valence-electron chi connectivity index (χ3n) is 3.38. The maximum absolute atomic E-state index is 12.0. The van der Waals surface area contributed by atoms with Crippen LogP contribution in [0, 0.1) is 0 Å². The Morgan fingerprint density at radius 3 is 2.81 bits per heavy atom. The molecule has 114 valence electrons. The van der Waals surface area contributed by atoms with E-state index in [1.807, 2.05) is 18.2 Å². The molecule has 0 spiro atoms. The Kier molecular flexibility index (Phi) is 5.90. The smallest absolute Gasteiger partial charge is 0.313 e. The van der Waals surface area contributed by atoms with E-state index in [4.69, 9.17) is 9.47 Å². The summed E-state index contributed by atoms with van der Waals surface area (Å²) in [4.78, 5) is 25.6. The molecule has 0 bridgehead atoms. The fourth-order valence-corrected chi connectivity index (χ4v) is 2.35. The summed E-state index contributed by atoms with van der Waals surface area (Å²) in [6.07, 6.45) is -0.746. The summed E-state index contributed by atoms with van der Waals surface area (Å²) in [6, 6.07) is 10.1. The summed E-state index contributed by atoms with van der Waals surface area (Å²) < 4.78 is 10.3. The van der Waals surface area contributed by atoms with Crippen LogP contribution in [0.4, 0.5) is 0 Å². The number of esters is 1. The number of rotatable bonds is 6. The minimum absolute atomic E-state index is 0.203. The molecule has 1 aliphatic rings. The van der Waals surface area contributed by atoms with E-state index in [1.165, 1.54) is 5.56 Å². The van der Waals surface area contributed by atoms with Crippen LogP contribution in [0.2, 0.25) is 0 Å². The van der Waals surface area contributed by atoms with E-state index in [0.717, 1.165) is 13.1 Å². The molecule has 0 saturated carbocycles. The molecule has 1 aromatic carbocycles. The van der Waals surface area contributed by atoms with Gasteiger partial charge in [0.2, 0.25) is 0 Å². The molecule has 1 aromatic rings. The number of nitrogens with zero attached hydrogens (tertiary/aromatic N) is 1. The number of hydrogen-bond donors (Lipinski definition) is 0. The second kappa shape index (κ2) is 7.90. The number of benzene rings is 1. The molecule has 0 radical (unpaired) electrons. The lowest BCUT2D eigenvalue weighted by Gasteiger charge is -2.32. The van der Waals surface area contributed by atoms with Crippen LogP contribution in [0.15, 0.2) is 30.3 Å². The average molecular weight is 291 g/mol. The number of hydrogen-bond acceptors (Lipinski definition) is 5. The summed E-state index contributed by atoms with van der Waals surface area (Å²) in [7, 11) is 0. The van der Waals surface area contributed by atoms with Crippen LogP contribution in [0.3, 0.4) is 0 Å². The first-order chi connectivity index (χ1) is 10.2. The van der Waals surface area contributed by atoms with Crippen molar-refractivity contribution in [2.24, 2.45) is 0 Å². The van der Waals surface area contributed by atoms with Crippen LogP contribution in [0.5, 0.6) is 0 Å². The number of ketones is 1. The van der Waals surface area contributed by atoms with Gasteiger partial charge in [-0.25, -0.2) is 0 Å². The molecule has 1 aliphatic heterocycles. The van der Waals surface area contributed by atoms with E-state index in [2.05, 4.69) is 17.0 Å². The number of Topliss-reactive ketones (excluding diaryl/α,β-unsaturated/α-hetero) is 1. The fraction of sp³-hybridized carbons (Fsp3) is 0.500. The van der Waals surface area contributed by atoms with Crippen LogP contribution in [-0.2, 0) is 25.6 Å². The zero-order valence-corrected chi connectivity index (χ0v) is 12.3. The number of morpholine rings is 1. The van der Waals surface area contributed by atoms with Gasteiger partial charge < -0.3 is 9.47 Å². The first kappa shape index (κ1) is 15.7. The lowest BCUT2D eigenvalue weighted by atomic mass is 10.1. The quantitative estimate of drug-likeness (QED) is 0.586. The predicted molar refractivity (Wildman–Crippen MR) is 77.7 cm³/mol. The largest absolute Gasteiger partial charge is 0.466 e. The van der Waals surface area contributed by atoms with Crippen LogP contribution in [0.1, 0.15) is 18.9 Å². The van der Waals surface area contributed by atoms with E-state index in [1.54, 1.807) is 6.92 Å². The van der Waals surface area contributed by atoms with E-state index < -0.39 is 12.1 Å². The normalized spacial score (nSPS) is 19.2. The minimum atomic E-state index is -0.535. The maximum atomic E-state index is 12.0. The summed E-state index contributed by atoms with van der Waals surface area (Å²) in [6.45, 7) is 4.61. The van der Waals surface area contributed by atoms with Gasteiger partial charge in [-0.05, 0) is 12.5 Å². The van der Waals surface area contributed by atoms with Crippen LogP contribution in [-0.4, -0.2) is 49.1 Å². The van der Waals surface area contributed by atoms with E-state index in [9.17, 15) is 9.59 Å². The molecule has 1 fully saturated rings. The molecule has 1 atom stereocenters. The topological polar surface area (TPSA) is 55.8 Å². The number of carbonyl (C=O) groups is 2. The van der Waals surface area contributed by atoms with Crippen molar-refractivity contribution in [1.82, 2.24) is 4.90 Å². The predicted octanol–water partition coefficient (Wildman–Crippen LogP) is 1.41. The van der Waals surface area contributed by atoms with Crippen molar-refractivity contribution >= 4 is 11.8 Å². The highest BCUT2D eigenvalue weighted by Gasteiger charge is 2.28. The van der Waals surface area contributed by atoms with Gasteiger partial charge in [-0.3, -0.25) is 14.5 Å². The minimum Gasteiger partial charge on any atom is -0.466 e. The molecule has 1 unspecified atom stereocenters. The first-order valence-electron chi connectivity index (χ1n) is 7.25. The summed E-state index contributed by atoms with van der Waals surface area (Å²) in [5.41, 5.74) is 1.20. The van der Waals surface area contributed by atoms with Gasteiger partial charge in [0.15, 0.2) is 5.78 Å². The number of ether oxygens (including phenoxy) is 2. The second-order valence-corrected chi connectivity index (χ2v) is 5.03. The van der Waals surface area contributed by atoms with Gasteiger partial charge in [0.25, 0.3) is 0 Å². The van der Waals surface area contributed by atoms with Gasteiger partial charge in [-0.1, -0.05) is 30.3 Å². The Hall–Kier alpha value is -1.72. The molecule has 0 N–H and O–H groups in total. The zero-order chi connectivity index (χ0) is 15.1. The number of carbonyl (C=O) groups excluding carboxylic acids is 2. The third kappa shape index (κ3) is 4.95. The molecule has 1 heterocycles. The summed E-state index contributed by atoms with van der Waals surface area (Å²) >= 11 is 0. The molecule has 1 saturated heterocycles. The van der Waals surface area contributed by atoms with Gasteiger partial charge in [0.1, 0.15) is 12.5 Å². The lowest BCUT2D eigenvalue weighted by molar-refractivity contribution is -0.150. The Bertz CT molecular complexity index is 474. The molecule has 21 heavy (non-hydrogen) atoms. The summed E-state index contributed by atoms with van der Waals surface area (Å²) in [5, 5.41) is 0. The Balaban J connectivity index is 1.85. The molecular formula is C16H21NO4. The van der Waals surface area contributed by atoms with Crippen molar-refractivity contribution in [2.75, 3.05) is 26.3 Å². The van der Waals surface area contributed by atoms with Gasteiger partial charge in [0.05, 0.1) is 13.2 Å². The van der Waals surface area contributed by atoms with Crippen molar-refractivity contribution in [3.63, 3.8) is 0 Å². The fourth-order valence-electron chi connectivity index (χ4n) is 2.35. The van der Waals surface area contributed by atoms with Gasteiger partial charge >= 0.3 is 5.97 Å². The maximum Gasteiger partial charge on any atom is 0.313 e. The van der Waals surface area contributed by atoms with Crippen molar-refractivity contribution in [3.05, 3.63) is 35.9 Å². The van der Waals surface area contributed by atoms with E-state index in [-0.39, 0.29) is 18.8 Å². The van der Waals surface area contributed by atoms with Crippen molar-refractivity contribution < 1.29 is 19.1 Å². The molecule has 0 aliphatic carbocycles. The molecule has 0 amide bonds. The Morgan fingerprint density at radius 2 is 2.10 bits per heavy atom. The average Bonchev–Trinajstić information content (AvgIpc) is 2.49. The monoisotopic (exact) mass is 291 g/mol. The molecular weight excluding hydrogens is 270 g/mol.